The Morgan fingerprint density at radius 2 is 1.88 bits per heavy atom. The second-order valence-electron chi connectivity index (χ2n) is 4.64. The van der Waals surface area contributed by atoms with Gasteiger partial charge in [-0.25, -0.2) is 0 Å². The van der Waals surface area contributed by atoms with Crippen molar-refractivity contribution in [1.29, 1.82) is 0 Å². The summed E-state index contributed by atoms with van der Waals surface area (Å²) in [4.78, 5) is 11.9. The van der Waals surface area contributed by atoms with Gasteiger partial charge in [-0.15, -0.1) is 0 Å². The number of aromatic hydroxyl groups is 1. The normalized spacial score (nSPS) is 17.4. The highest BCUT2D eigenvalue weighted by Gasteiger charge is 2.11. The summed E-state index contributed by atoms with van der Waals surface area (Å²) in [7, 11) is 0. The fourth-order valence-corrected chi connectivity index (χ4v) is 2.32. The molecule has 2 rings (SSSR count). The van der Waals surface area contributed by atoms with Crippen molar-refractivity contribution in [3.63, 3.8) is 0 Å². The van der Waals surface area contributed by atoms with Crippen LogP contribution in [0.15, 0.2) is 36.4 Å². The lowest BCUT2D eigenvalue weighted by molar-refractivity contribution is 0.104. The van der Waals surface area contributed by atoms with Crippen LogP contribution in [0.4, 0.5) is 0 Å². The summed E-state index contributed by atoms with van der Waals surface area (Å²) in [5, 5.41) is 9.56. The number of hydrogen-bond donors (Lipinski definition) is 1. The van der Waals surface area contributed by atoms with Crippen LogP contribution in [0.2, 0.25) is 0 Å². The third-order valence-electron chi connectivity index (χ3n) is 3.34. The number of ketones is 1. The Morgan fingerprint density at radius 1 is 1.18 bits per heavy atom. The maximum absolute atomic E-state index is 11.9. The lowest BCUT2D eigenvalue weighted by Crippen LogP contribution is -2.04. The molecule has 1 aliphatic carbocycles. The van der Waals surface area contributed by atoms with Gasteiger partial charge in [0.25, 0.3) is 0 Å². The maximum atomic E-state index is 11.9. The molecule has 2 nitrogen and oxygen atoms in total. The summed E-state index contributed by atoms with van der Waals surface area (Å²) >= 11 is 0. The van der Waals surface area contributed by atoms with E-state index in [1.54, 1.807) is 30.3 Å². The van der Waals surface area contributed by atoms with Gasteiger partial charge >= 0.3 is 0 Å². The van der Waals surface area contributed by atoms with E-state index < -0.39 is 0 Å². The van der Waals surface area contributed by atoms with Gasteiger partial charge in [0, 0.05) is 0 Å². The number of carbonyl (C=O) groups excluding carboxylic acids is 1. The van der Waals surface area contributed by atoms with Crippen molar-refractivity contribution in [1.82, 2.24) is 0 Å². The van der Waals surface area contributed by atoms with E-state index in [0.29, 0.717) is 11.5 Å². The van der Waals surface area contributed by atoms with Gasteiger partial charge in [0.15, 0.2) is 5.78 Å². The Morgan fingerprint density at radius 3 is 2.59 bits per heavy atom. The van der Waals surface area contributed by atoms with Gasteiger partial charge in [-0.3, -0.25) is 4.79 Å². The standard InChI is InChI=1S/C15H18O2/c16-14-9-5-4-8-13(14)15(17)11-10-12-6-2-1-3-7-12/h4-5,8-12,16H,1-3,6-7H2. The van der Waals surface area contributed by atoms with Gasteiger partial charge in [-0.1, -0.05) is 37.5 Å². The summed E-state index contributed by atoms with van der Waals surface area (Å²) in [6.45, 7) is 0. The van der Waals surface area contributed by atoms with E-state index >= 15 is 0 Å². The lowest BCUT2D eigenvalue weighted by atomic mass is 9.89. The quantitative estimate of drug-likeness (QED) is 0.635. The van der Waals surface area contributed by atoms with Crippen LogP contribution in [-0.4, -0.2) is 10.9 Å². The van der Waals surface area contributed by atoms with Crippen molar-refractivity contribution in [3.8, 4) is 5.75 Å². The molecular weight excluding hydrogens is 212 g/mol. The number of benzene rings is 1. The van der Waals surface area contributed by atoms with E-state index in [-0.39, 0.29) is 11.5 Å². The molecule has 17 heavy (non-hydrogen) atoms. The predicted molar refractivity (Wildman–Crippen MR) is 68.2 cm³/mol. The highest BCUT2D eigenvalue weighted by molar-refractivity contribution is 6.06. The van der Waals surface area contributed by atoms with E-state index in [0.717, 1.165) is 0 Å². The molecule has 1 N–H and O–H groups in total. The third kappa shape index (κ3) is 3.19. The van der Waals surface area contributed by atoms with Crippen molar-refractivity contribution in [2.75, 3.05) is 0 Å². The second-order valence-corrected chi connectivity index (χ2v) is 4.64. The molecule has 1 aromatic rings. The summed E-state index contributed by atoms with van der Waals surface area (Å²) < 4.78 is 0. The minimum Gasteiger partial charge on any atom is -0.507 e. The van der Waals surface area contributed by atoms with E-state index in [1.807, 2.05) is 6.08 Å². The minimum atomic E-state index is -0.103. The van der Waals surface area contributed by atoms with Crippen molar-refractivity contribution >= 4 is 5.78 Å². The predicted octanol–water partition coefficient (Wildman–Crippen LogP) is 3.71. The van der Waals surface area contributed by atoms with Crippen molar-refractivity contribution < 1.29 is 9.90 Å². The first-order valence-electron chi connectivity index (χ1n) is 6.28. The molecule has 1 fully saturated rings. The molecular formula is C15H18O2. The van der Waals surface area contributed by atoms with Gasteiger partial charge in [0.05, 0.1) is 5.56 Å². The van der Waals surface area contributed by atoms with Crippen molar-refractivity contribution in [2.24, 2.45) is 5.92 Å². The molecule has 0 heterocycles. The van der Waals surface area contributed by atoms with Crippen molar-refractivity contribution in [3.05, 3.63) is 42.0 Å². The Labute approximate surface area is 102 Å². The van der Waals surface area contributed by atoms with Crippen LogP contribution in [-0.2, 0) is 0 Å². The lowest BCUT2D eigenvalue weighted by Gasteiger charge is -2.17. The fraction of sp³-hybridized carbons (Fsp3) is 0.400. The SMILES string of the molecule is O=C(C=CC1CCCCC1)c1ccccc1O. The van der Waals surface area contributed by atoms with E-state index in [4.69, 9.17) is 0 Å². The van der Waals surface area contributed by atoms with Gasteiger partial charge in [-0.2, -0.15) is 0 Å². The Balaban J connectivity index is 2.01. The van der Waals surface area contributed by atoms with Crippen LogP contribution in [0.5, 0.6) is 5.75 Å². The Kier molecular flexibility index (Phi) is 3.97. The third-order valence-corrected chi connectivity index (χ3v) is 3.34. The van der Waals surface area contributed by atoms with Crippen LogP contribution < -0.4 is 0 Å². The van der Waals surface area contributed by atoms with Crippen LogP contribution in [0, 0.1) is 5.92 Å². The number of carbonyl (C=O) groups is 1. The summed E-state index contributed by atoms with van der Waals surface area (Å²) in [5.74, 6) is 0.498. The van der Waals surface area contributed by atoms with Crippen LogP contribution in [0.1, 0.15) is 42.5 Å². The minimum absolute atomic E-state index is 0.0609. The Hall–Kier alpha value is -1.57. The average Bonchev–Trinajstić information content (AvgIpc) is 2.38. The summed E-state index contributed by atoms with van der Waals surface area (Å²) in [5.41, 5.74) is 0.388. The van der Waals surface area contributed by atoms with Gasteiger partial charge in [0.2, 0.25) is 0 Å². The fourth-order valence-electron chi connectivity index (χ4n) is 2.32. The molecule has 0 atom stereocenters. The molecule has 1 saturated carbocycles. The molecule has 0 bridgehead atoms. The summed E-state index contributed by atoms with van der Waals surface area (Å²) in [6.07, 6.45) is 9.84. The van der Waals surface area contributed by atoms with Gasteiger partial charge in [0.1, 0.15) is 5.75 Å². The topological polar surface area (TPSA) is 37.3 Å². The first-order valence-corrected chi connectivity index (χ1v) is 6.28. The number of phenolic OH excluding ortho intramolecular Hbond substituents is 1. The highest BCUT2D eigenvalue weighted by Crippen LogP contribution is 2.25. The molecule has 0 saturated heterocycles. The second kappa shape index (κ2) is 5.67. The molecule has 0 aliphatic heterocycles. The molecule has 0 radical (unpaired) electrons. The van der Waals surface area contributed by atoms with Crippen LogP contribution >= 0.6 is 0 Å². The number of hydrogen-bond acceptors (Lipinski definition) is 2. The number of phenols is 1. The molecule has 0 spiro atoms. The van der Waals surface area contributed by atoms with Gasteiger partial charge in [-0.05, 0) is 37.0 Å². The van der Waals surface area contributed by atoms with E-state index in [2.05, 4.69) is 0 Å². The molecule has 2 heteroatoms. The molecule has 1 aliphatic rings. The summed E-state index contributed by atoms with van der Waals surface area (Å²) in [6, 6.07) is 6.68. The molecule has 90 valence electrons. The zero-order valence-corrected chi connectivity index (χ0v) is 9.93. The monoisotopic (exact) mass is 230 g/mol. The molecule has 0 aromatic heterocycles. The average molecular weight is 230 g/mol. The van der Waals surface area contributed by atoms with Crippen LogP contribution in [0.3, 0.4) is 0 Å². The van der Waals surface area contributed by atoms with Crippen molar-refractivity contribution in [2.45, 2.75) is 32.1 Å². The number of rotatable bonds is 3. The largest absolute Gasteiger partial charge is 0.507 e. The van der Waals surface area contributed by atoms with Crippen LogP contribution in [0.25, 0.3) is 0 Å². The smallest absolute Gasteiger partial charge is 0.189 e. The zero-order valence-electron chi connectivity index (χ0n) is 9.93. The Bertz CT molecular complexity index is 415. The number of para-hydroxylation sites is 1. The molecule has 1 aromatic carbocycles. The molecule has 0 unspecified atom stereocenters. The zero-order chi connectivity index (χ0) is 12.1. The maximum Gasteiger partial charge on any atom is 0.189 e. The first-order chi connectivity index (χ1) is 8.27. The first kappa shape index (κ1) is 11.9. The van der Waals surface area contributed by atoms with E-state index in [1.165, 1.54) is 32.1 Å². The number of allylic oxidation sites excluding steroid dienone is 2. The highest BCUT2D eigenvalue weighted by atomic mass is 16.3. The molecule has 0 amide bonds. The van der Waals surface area contributed by atoms with E-state index in [9.17, 15) is 9.90 Å². The van der Waals surface area contributed by atoms with Gasteiger partial charge < -0.3 is 5.11 Å².